The summed E-state index contributed by atoms with van der Waals surface area (Å²) >= 11 is 0. The second-order valence-corrected chi connectivity index (χ2v) is 5.99. The van der Waals surface area contributed by atoms with Gasteiger partial charge in [0.15, 0.2) is 0 Å². The highest BCUT2D eigenvalue weighted by Gasteiger charge is 2.43. The van der Waals surface area contributed by atoms with Crippen LogP contribution < -0.4 is 4.74 Å². The molecule has 0 saturated heterocycles. The van der Waals surface area contributed by atoms with Crippen molar-refractivity contribution in [1.29, 1.82) is 0 Å². The summed E-state index contributed by atoms with van der Waals surface area (Å²) in [6.45, 7) is 4.63. The van der Waals surface area contributed by atoms with Crippen LogP contribution in [0.2, 0.25) is 0 Å². The van der Waals surface area contributed by atoms with E-state index in [9.17, 15) is 9.50 Å². The fourth-order valence-corrected chi connectivity index (χ4v) is 3.49. The molecule has 1 fully saturated rings. The van der Waals surface area contributed by atoms with Crippen molar-refractivity contribution in [2.75, 3.05) is 13.7 Å². The fourth-order valence-electron chi connectivity index (χ4n) is 3.49. The number of hydrogen-bond acceptors (Lipinski definition) is 3. The molecular weight excluding hydrogens is 271 g/mol. The lowest BCUT2D eigenvalue weighted by Crippen LogP contribution is -2.43. The average molecular weight is 296 g/mol. The van der Waals surface area contributed by atoms with Gasteiger partial charge in [0, 0.05) is 12.2 Å². The Balaban J connectivity index is 2.38. The molecule has 1 aromatic rings. The molecular formula is C17H25FO3. The Labute approximate surface area is 126 Å². The quantitative estimate of drug-likeness (QED) is 0.897. The molecule has 0 heterocycles. The molecule has 3 unspecified atom stereocenters. The summed E-state index contributed by atoms with van der Waals surface area (Å²) in [5.41, 5.74) is -0.173. The number of halogens is 1. The van der Waals surface area contributed by atoms with Gasteiger partial charge in [-0.1, -0.05) is 19.8 Å². The maximum Gasteiger partial charge on any atom is 0.124 e. The van der Waals surface area contributed by atoms with E-state index >= 15 is 0 Å². The van der Waals surface area contributed by atoms with E-state index in [4.69, 9.17) is 9.47 Å². The second-order valence-electron chi connectivity index (χ2n) is 5.99. The van der Waals surface area contributed by atoms with Gasteiger partial charge in [-0.25, -0.2) is 4.39 Å². The van der Waals surface area contributed by atoms with Crippen molar-refractivity contribution in [3.63, 3.8) is 0 Å². The highest BCUT2D eigenvalue weighted by Crippen LogP contribution is 2.45. The van der Waals surface area contributed by atoms with Crippen molar-refractivity contribution in [2.45, 2.75) is 51.2 Å². The third-order valence-electron chi connectivity index (χ3n) is 4.41. The van der Waals surface area contributed by atoms with E-state index in [1.165, 1.54) is 19.2 Å². The Morgan fingerprint density at radius 1 is 1.48 bits per heavy atom. The van der Waals surface area contributed by atoms with Crippen LogP contribution in [0.3, 0.4) is 0 Å². The SMILES string of the molecule is CCOC1(C(O)c2cc(F)ccc2OC)CCCC(C)C1. The van der Waals surface area contributed by atoms with Gasteiger partial charge in [0.1, 0.15) is 17.7 Å². The fraction of sp³-hybridized carbons (Fsp3) is 0.647. The Morgan fingerprint density at radius 2 is 2.24 bits per heavy atom. The van der Waals surface area contributed by atoms with Crippen molar-refractivity contribution in [1.82, 2.24) is 0 Å². The van der Waals surface area contributed by atoms with E-state index in [1.807, 2.05) is 6.92 Å². The molecule has 1 aliphatic rings. The van der Waals surface area contributed by atoms with Crippen LogP contribution in [-0.2, 0) is 4.74 Å². The predicted octanol–water partition coefficient (Wildman–Crippen LogP) is 3.85. The number of ether oxygens (including phenoxy) is 2. The zero-order valence-electron chi connectivity index (χ0n) is 13.1. The smallest absolute Gasteiger partial charge is 0.124 e. The molecule has 21 heavy (non-hydrogen) atoms. The first-order valence-corrected chi connectivity index (χ1v) is 7.68. The van der Waals surface area contributed by atoms with Gasteiger partial charge in [-0.2, -0.15) is 0 Å². The van der Waals surface area contributed by atoms with Crippen LogP contribution in [0.1, 0.15) is 51.2 Å². The van der Waals surface area contributed by atoms with Crippen molar-refractivity contribution >= 4 is 0 Å². The molecule has 3 nitrogen and oxygen atoms in total. The van der Waals surface area contributed by atoms with Gasteiger partial charge in [-0.05, 0) is 43.9 Å². The van der Waals surface area contributed by atoms with E-state index in [0.29, 0.717) is 23.8 Å². The van der Waals surface area contributed by atoms with Crippen LogP contribution in [0.15, 0.2) is 18.2 Å². The monoisotopic (exact) mass is 296 g/mol. The molecule has 0 aromatic heterocycles. The Hall–Kier alpha value is -1.13. The third-order valence-corrected chi connectivity index (χ3v) is 4.41. The van der Waals surface area contributed by atoms with Gasteiger partial charge in [0.05, 0.1) is 12.7 Å². The summed E-state index contributed by atoms with van der Waals surface area (Å²) in [5.74, 6) is 0.612. The Bertz CT molecular complexity index is 473. The van der Waals surface area contributed by atoms with Crippen LogP contribution in [0.25, 0.3) is 0 Å². The van der Waals surface area contributed by atoms with Gasteiger partial charge < -0.3 is 14.6 Å². The highest BCUT2D eigenvalue weighted by molar-refractivity contribution is 5.37. The van der Waals surface area contributed by atoms with Crippen molar-refractivity contribution in [3.05, 3.63) is 29.6 Å². The first-order chi connectivity index (χ1) is 10.0. The van der Waals surface area contributed by atoms with E-state index in [0.717, 1.165) is 25.7 Å². The molecule has 0 bridgehead atoms. The van der Waals surface area contributed by atoms with E-state index in [-0.39, 0.29) is 5.82 Å². The standard InChI is InChI=1S/C17H25FO3/c1-4-21-17(9-5-6-12(2)11-17)16(19)14-10-13(18)7-8-15(14)20-3/h7-8,10,12,16,19H,4-6,9,11H2,1-3H3. The first kappa shape index (κ1) is 16.2. The molecule has 1 saturated carbocycles. The highest BCUT2D eigenvalue weighted by atomic mass is 19.1. The van der Waals surface area contributed by atoms with Crippen LogP contribution in [0.5, 0.6) is 5.75 Å². The minimum absolute atomic E-state index is 0.375. The van der Waals surface area contributed by atoms with Gasteiger partial charge >= 0.3 is 0 Å². The van der Waals surface area contributed by atoms with E-state index in [2.05, 4.69) is 6.92 Å². The molecule has 0 amide bonds. The first-order valence-electron chi connectivity index (χ1n) is 7.68. The molecule has 1 aromatic carbocycles. The molecule has 0 radical (unpaired) electrons. The molecule has 0 aliphatic heterocycles. The minimum Gasteiger partial charge on any atom is -0.496 e. The predicted molar refractivity (Wildman–Crippen MR) is 79.9 cm³/mol. The molecule has 3 atom stereocenters. The average Bonchev–Trinajstić information content (AvgIpc) is 2.46. The molecule has 1 aliphatic carbocycles. The summed E-state index contributed by atoms with van der Waals surface area (Å²) < 4.78 is 24.8. The molecule has 0 spiro atoms. The van der Waals surface area contributed by atoms with Gasteiger partial charge in [-0.15, -0.1) is 0 Å². The van der Waals surface area contributed by atoms with Gasteiger partial charge in [-0.3, -0.25) is 0 Å². The van der Waals surface area contributed by atoms with E-state index < -0.39 is 11.7 Å². The zero-order chi connectivity index (χ0) is 15.5. The minimum atomic E-state index is -0.883. The van der Waals surface area contributed by atoms with Gasteiger partial charge in [0.25, 0.3) is 0 Å². The van der Waals surface area contributed by atoms with Gasteiger partial charge in [0.2, 0.25) is 0 Å². The summed E-state index contributed by atoms with van der Waals surface area (Å²) in [4.78, 5) is 0. The van der Waals surface area contributed by atoms with Crippen molar-refractivity contribution in [3.8, 4) is 5.75 Å². The lowest BCUT2D eigenvalue weighted by atomic mass is 9.73. The van der Waals surface area contributed by atoms with Crippen LogP contribution >= 0.6 is 0 Å². The summed E-state index contributed by atoms with van der Waals surface area (Å²) in [6, 6.07) is 4.25. The Morgan fingerprint density at radius 3 is 2.86 bits per heavy atom. The molecule has 118 valence electrons. The number of aliphatic hydroxyl groups excluding tert-OH is 1. The normalized spacial score (nSPS) is 27.4. The lowest BCUT2D eigenvalue weighted by Gasteiger charge is -2.43. The largest absolute Gasteiger partial charge is 0.496 e. The molecule has 2 rings (SSSR count). The number of aliphatic hydroxyl groups is 1. The summed E-state index contributed by atoms with van der Waals surface area (Å²) in [6.07, 6.45) is 2.83. The van der Waals surface area contributed by atoms with Crippen LogP contribution in [-0.4, -0.2) is 24.4 Å². The zero-order valence-corrected chi connectivity index (χ0v) is 13.1. The number of methoxy groups -OCH3 is 1. The maximum absolute atomic E-state index is 13.6. The van der Waals surface area contributed by atoms with Crippen LogP contribution in [0, 0.1) is 11.7 Å². The summed E-state index contributed by atoms with van der Waals surface area (Å²) in [7, 11) is 1.53. The topological polar surface area (TPSA) is 38.7 Å². The maximum atomic E-state index is 13.6. The Kier molecular flexibility index (Phi) is 5.22. The number of benzene rings is 1. The summed E-state index contributed by atoms with van der Waals surface area (Å²) in [5, 5.41) is 10.9. The molecule has 1 N–H and O–H groups in total. The number of rotatable bonds is 5. The van der Waals surface area contributed by atoms with E-state index in [1.54, 1.807) is 6.07 Å². The molecule has 4 heteroatoms. The van der Waals surface area contributed by atoms with Crippen molar-refractivity contribution in [2.24, 2.45) is 5.92 Å². The second kappa shape index (κ2) is 6.75. The number of hydrogen-bond donors (Lipinski definition) is 1. The third kappa shape index (κ3) is 3.38. The van der Waals surface area contributed by atoms with Crippen LogP contribution in [0.4, 0.5) is 4.39 Å². The van der Waals surface area contributed by atoms with Crippen molar-refractivity contribution < 1.29 is 19.0 Å². The lowest BCUT2D eigenvalue weighted by molar-refractivity contribution is -0.150.